The number of nitrogens with one attached hydrogen (secondary N) is 1. The van der Waals surface area contributed by atoms with Crippen molar-refractivity contribution in [2.75, 3.05) is 32.1 Å². The lowest BCUT2D eigenvalue weighted by Gasteiger charge is -2.09. The molecule has 0 aromatic heterocycles. The maximum Gasteiger partial charge on any atom is 0.0507 e. The Morgan fingerprint density at radius 3 is 3.06 bits per heavy atom. The molecule has 1 aromatic rings. The van der Waals surface area contributed by atoms with Gasteiger partial charge in [0.2, 0.25) is 0 Å². The van der Waals surface area contributed by atoms with E-state index in [0.717, 1.165) is 38.0 Å². The van der Waals surface area contributed by atoms with Gasteiger partial charge in [-0.15, -0.1) is 11.8 Å². The van der Waals surface area contributed by atoms with Gasteiger partial charge in [0.15, 0.2) is 0 Å². The summed E-state index contributed by atoms with van der Waals surface area (Å²) in [7, 11) is 0. The van der Waals surface area contributed by atoms with Crippen LogP contribution in [0.2, 0.25) is 0 Å². The van der Waals surface area contributed by atoms with E-state index in [4.69, 9.17) is 4.74 Å². The molecular formula is C13H18BrNOS. The van der Waals surface area contributed by atoms with Crippen LogP contribution in [0.3, 0.4) is 0 Å². The molecule has 1 N–H and O–H groups in total. The summed E-state index contributed by atoms with van der Waals surface area (Å²) in [4.78, 5) is 1.32. The predicted molar refractivity (Wildman–Crippen MR) is 76.7 cm³/mol. The van der Waals surface area contributed by atoms with Gasteiger partial charge < -0.3 is 10.1 Å². The van der Waals surface area contributed by atoms with E-state index in [-0.39, 0.29) is 0 Å². The molecule has 1 aliphatic heterocycles. The minimum Gasteiger partial charge on any atom is -0.381 e. The highest BCUT2D eigenvalue weighted by atomic mass is 79.9. The number of hydrogen-bond acceptors (Lipinski definition) is 3. The van der Waals surface area contributed by atoms with Crippen LogP contribution >= 0.6 is 27.7 Å². The summed E-state index contributed by atoms with van der Waals surface area (Å²) in [5.74, 6) is 1.83. The molecule has 1 saturated heterocycles. The minimum absolute atomic E-state index is 0.725. The summed E-state index contributed by atoms with van der Waals surface area (Å²) in [6.07, 6.45) is 1.21. The number of rotatable bonds is 6. The van der Waals surface area contributed by atoms with Crippen molar-refractivity contribution in [3.63, 3.8) is 0 Å². The van der Waals surface area contributed by atoms with Gasteiger partial charge in [-0.1, -0.05) is 12.1 Å². The fraction of sp³-hybridized carbons (Fsp3) is 0.538. The summed E-state index contributed by atoms with van der Waals surface area (Å²) >= 11 is 5.45. The first-order valence-corrected chi connectivity index (χ1v) is 7.80. The first-order chi connectivity index (χ1) is 8.36. The van der Waals surface area contributed by atoms with E-state index < -0.39 is 0 Å². The Hall–Kier alpha value is -0.0300. The molecule has 0 saturated carbocycles. The summed E-state index contributed by atoms with van der Waals surface area (Å²) in [5.41, 5.74) is 0. The van der Waals surface area contributed by atoms with Gasteiger partial charge in [-0.3, -0.25) is 0 Å². The van der Waals surface area contributed by atoms with E-state index in [1.807, 2.05) is 17.8 Å². The molecule has 94 valence electrons. The number of thioether (sulfide) groups is 1. The molecule has 0 bridgehead atoms. The van der Waals surface area contributed by atoms with Crippen molar-refractivity contribution in [3.05, 3.63) is 28.7 Å². The Balaban J connectivity index is 1.58. The largest absolute Gasteiger partial charge is 0.381 e. The molecule has 1 aliphatic rings. The van der Waals surface area contributed by atoms with Crippen LogP contribution in [-0.4, -0.2) is 32.1 Å². The second kappa shape index (κ2) is 7.41. The molecule has 1 aromatic carbocycles. The van der Waals surface area contributed by atoms with Crippen molar-refractivity contribution in [1.29, 1.82) is 0 Å². The third-order valence-electron chi connectivity index (χ3n) is 2.83. The Kier molecular flexibility index (Phi) is 5.85. The van der Waals surface area contributed by atoms with Gasteiger partial charge in [-0.25, -0.2) is 0 Å². The first kappa shape index (κ1) is 13.4. The molecule has 1 heterocycles. The summed E-state index contributed by atoms with van der Waals surface area (Å²) in [6.45, 7) is 4.03. The van der Waals surface area contributed by atoms with Crippen LogP contribution < -0.4 is 5.32 Å². The Bertz CT molecular complexity index is 342. The summed E-state index contributed by atoms with van der Waals surface area (Å²) in [6, 6.07) is 8.37. The summed E-state index contributed by atoms with van der Waals surface area (Å²) < 4.78 is 6.54. The molecule has 0 spiro atoms. The van der Waals surface area contributed by atoms with Crippen LogP contribution in [0, 0.1) is 5.92 Å². The topological polar surface area (TPSA) is 21.3 Å². The highest BCUT2D eigenvalue weighted by Crippen LogP contribution is 2.26. The third-order valence-corrected chi connectivity index (χ3v) is 4.86. The van der Waals surface area contributed by atoms with Crippen LogP contribution in [0.4, 0.5) is 0 Å². The maximum absolute atomic E-state index is 5.35. The Morgan fingerprint density at radius 2 is 2.29 bits per heavy atom. The van der Waals surface area contributed by atoms with E-state index in [1.165, 1.54) is 15.8 Å². The van der Waals surface area contributed by atoms with Crippen molar-refractivity contribution in [2.45, 2.75) is 11.3 Å². The summed E-state index contributed by atoms with van der Waals surface area (Å²) in [5, 5.41) is 3.50. The lowest BCUT2D eigenvalue weighted by Crippen LogP contribution is -2.25. The SMILES string of the molecule is Brc1ccccc1SCCNCC1CCOC1. The molecule has 2 rings (SSSR count). The zero-order valence-electron chi connectivity index (χ0n) is 9.82. The molecular weight excluding hydrogens is 298 g/mol. The average Bonchev–Trinajstić information content (AvgIpc) is 2.84. The van der Waals surface area contributed by atoms with Crippen LogP contribution in [0.5, 0.6) is 0 Å². The highest BCUT2D eigenvalue weighted by molar-refractivity contribution is 9.10. The average molecular weight is 316 g/mol. The van der Waals surface area contributed by atoms with E-state index in [9.17, 15) is 0 Å². The highest BCUT2D eigenvalue weighted by Gasteiger charge is 2.14. The Labute approximate surface area is 116 Å². The van der Waals surface area contributed by atoms with Gasteiger partial charge >= 0.3 is 0 Å². The maximum atomic E-state index is 5.35. The van der Waals surface area contributed by atoms with E-state index >= 15 is 0 Å². The van der Waals surface area contributed by atoms with Crippen LogP contribution in [0.15, 0.2) is 33.6 Å². The quantitative estimate of drug-likeness (QED) is 0.643. The third kappa shape index (κ3) is 4.62. The van der Waals surface area contributed by atoms with Gasteiger partial charge in [0.1, 0.15) is 0 Å². The van der Waals surface area contributed by atoms with Crippen LogP contribution in [-0.2, 0) is 4.74 Å². The standard InChI is InChI=1S/C13H18BrNOS/c14-12-3-1-2-4-13(12)17-8-6-15-9-11-5-7-16-10-11/h1-4,11,15H,5-10H2. The first-order valence-electron chi connectivity index (χ1n) is 6.02. The van der Waals surface area contributed by atoms with Crippen molar-refractivity contribution in [2.24, 2.45) is 5.92 Å². The molecule has 0 amide bonds. The number of hydrogen-bond donors (Lipinski definition) is 1. The molecule has 17 heavy (non-hydrogen) atoms. The number of halogens is 1. The van der Waals surface area contributed by atoms with Gasteiger partial charge in [-0.05, 0) is 40.4 Å². The fourth-order valence-corrected chi connectivity index (χ4v) is 3.32. The second-order valence-corrected chi connectivity index (χ2v) is 6.20. The molecule has 0 aliphatic carbocycles. The van der Waals surface area contributed by atoms with Crippen molar-refractivity contribution >= 4 is 27.7 Å². The predicted octanol–water partition coefficient (Wildman–Crippen LogP) is 3.17. The monoisotopic (exact) mass is 315 g/mol. The van der Waals surface area contributed by atoms with E-state index in [2.05, 4.69) is 39.4 Å². The molecule has 1 atom stereocenters. The van der Waals surface area contributed by atoms with Gasteiger partial charge in [-0.2, -0.15) is 0 Å². The molecule has 1 fully saturated rings. The normalized spacial score (nSPS) is 19.7. The zero-order chi connectivity index (χ0) is 11.9. The lowest BCUT2D eigenvalue weighted by atomic mass is 10.1. The van der Waals surface area contributed by atoms with Gasteiger partial charge in [0, 0.05) is 34.8 Å². The lowest BCUT2D eigenvalue weighted by molar-refractivity contribution is 0.185. The molecule has 4 heteroatoms. The second-order valence-electron chi connectivity index (χ2n) is 4.21. The zero-order valence-corrected chi connectivity index (χ0v) is 12.2. The number of benzene rings is 1. The van der Waals surface area contributed by atoms with E-state index in [0.29, 0.717) is 0 Å². The van der Waals surface area contributed by atoms with E-state index in [1.54, 1.807) is 0 Å². The molecule has 2 nitrogen and oxygen atoms in total. The van der Waals surface area contributed by atoms with Crippen LogP contribution in [0.25, 0.3) is 0 Å². The Morgan fingerprint density at radius 1 is 1.41 bits per heavy atom. The van der Waals surface area contributed by atoms with Crippen molar-refractivity contribution in [1.82, 2.24) is 5.32 Å². The van der Waals surface area contributed by atoms with Crippen molar-refractivity contribution in [3.8, 4) is 0 Å². The van der Waals surface area contributed by atoms with Gasteiger partial charge in [0.25, 0.3) is 0 Å². The molecule has 0 radical (unpaired) electrons. The van der Waals surface area contributed by atoms with Gasteiger partial charge in [0.05, 0.1) is 6.61 Å². The minimum atomic E-state index is 0.725. The van der Waals surface area contributed by atoms with Crippen LogP contribution in [0.1, 0.15) is 6.42 Å². The number of ether oxygens (including phenoxy) is 1. The smallest absolute Gasteiger partial charge is 0.0507 e. The molecule has 1 unspecified atom stereocenters. The van der Waals surface area contributed by atoms with Crippen molar-refractivity contribution < 1.29 is 4.74 Å². The fourth-order valence-electron chi connectivity index (χ4n) is 1.85.